The minimum Gasteiger partial charge on any atom is -0.230 e. The first-order valence-electron chi connectivity index (χ1n) is 4.29. The molecule has 6 nitrogen and oxygen atoms in total. The van der Waals surface area contributed by atoms with Crippen LogP contribution in [0, 0.1) is 13.8 Å². The van der Waals surface area contributed by atoms with Crippen molar-refractivity contribution in [3.05, 3.63) is 10.6 Å². The Morgan fingerprint density at radius 1 is 1.19 bits per heavy atom. The van der Waals surface area contributed by atoms with Gasteiger partial charge in [-0.25, -0.2) is 27.0 Å². The van der Waals surface area contributed by atoms with E-state index < -0.39 is 31.4 Å². The molecule has 0 saturated heterocycles. The van der Waals surface area contributed by atoms with Crippen LogP contribution in [0.15, 0.2) is 4.34 Å². The molecule has 1 aromatic heterocycles. The van der Waals surface area contributed by atoms with E-state index in [1.807, 2.05) is 0 Å². The molecule has 1 heterocycles. The third kappa shape index (κ3) is 3.51. The fourth-order valence-corrected chi connectivity index (χ4v) is 4.92. The highest BCUT2D eigenvalue weighted by atomic mass is 32.2. The van der Waals surface area contributed by atoms with Crippen LogP contribution in [0.2, 0.25) is 0 Å². The van der Waals surface area contributed by atoms with Crippen molar-refractivity contribution in [1.29, 1.82) is 0 Å². The molecule has 0 atom stereocenters. The van der Waals surface area contributed by atoms with Crippen LogP contribution in [-0.4, -0.2) is 33.3 Å². The number of hydrogen-bond donors (Lipinski definition) is 1. The van der Waals surface area contributed by atoms with Crippen molar-refractivity contribution in [3.63, 3.8) is 0 Å². The number of primary sulfonamides is 1. The molecule has 0 spiro atoms. The molecule has 1 aromatic rings. The molecule has 0 radical (unpaired) electrons. The Hall–Kier alpha value is -0.510. The van der Waals surface area contributed by atoms with Crippen LogP contribution in [-0.2, 0) is 19.9 Å². The predicted molar refractivity (Wildman–Crippen MR) is 61.6 cm³/mol. The first-order chi connectivity index (χ1) is 7.12. The topological polar surface area (TPSA) is 107 Å². The van der Waals surface area contributed by atoms with Crippen LogP contribution in [0.25, 0.3) is 0 Å². The zero-order valence-corrected chi connectivity index (χ0v) is 11.2. The van der Waals surface area contributed by atoms with Crippen molar-refractivity contribution in [1.82, 2.24) is 4.98 Å². The highest BCUT2D eigenvalue weighted by Gasteiger charge is 2.21. The summed E-state index contributed by atoms with van der Waals surface area (Å²) in [6.45, 7) is 3.45. The number of nitrogens with two attached hydrogens (primary N) is 1. The summed E-state index contributed by atoms with van der Waals surface area (Å²) in [5, 5.41) is 4.75. The summed E-state index contributed by atoms with van der Waals surface area (Å²) in [5.41, 5.74) is 0.638. The molecule has 0 bridgehead atoms. The van der Waals surface area contributed by atoms with Crippen molar-refractivity contribution in [2.45, 2.75) is 18.2 Å². The van der Waals surface area contributed by atoms with Gasteiger partial charge < -0.3 is 0 Å². The van der Waals surface area contributed by atoms with E-state index in [1.165, 1.54) is 0 Å². The molecular formula is C7H12N2O4S3. The largest absolute Gasteiger partial charge is 0.230 e. The van der Waals surface area contributed by atoms with Gasteiger partial charge in [0, 0.05) is 4.88 Å². The Morgan fingerprint density at radius 3 is 2.12 bits per heavy atom. The van der Waals surface area contributed by atoms with E-state index in [0.29, 0.717) is 5.69 Å². The Morgan fingerprint density at radius 2 is 1.75 bits per heavy atom. The van der Waals surface area contributed by atoms with E-state index >= 15 is 0 Å². The van der Waals surface area contributed by atoms with Gasteiger partial charge in [-0.15, -0.1) is 11.3 Å². The highest BCUT2D eigenvalue weighted by Crippen LogP contribution is 2.21. The number of nitrogens with zero attached hydrogens (tertiary/aromatic N) is 1. The van der Waals surface area contributed by atoms with E-state index in [1.54, 1.807) is 13.8 Å². The average molecular weight is 284 g/mol. The van der Waals surface area contributed by atoms with Gasteiger partial charge in [-0.1, -0.05) is 0 Å². The fraction of sp³-hybridized carbons (Fsp3) is 0.571. The first-order valence-corrected chi connectivity index (χ1v) is 8.47. The van der Waals surface area contributed by atoms with Crippen molar-refractivity contribution in [2.24, 2.45) is 5.14 Å². The third-order valence-corrected chi connectivity index (χ3v) is 6.19. The molecule has 0 aliphatic heterocycles. The normalized spacial score (nSPS) is 12.9. The number of sulfone groups is 1. The van der Waals surface area contributed by atoms with Crippen LogP contribution in [0.4, 0.5) is 0 Å². The number of aryl methyl sites for hydroxylation is 2. The van der Waals surface area contributed by atoms with Crippen molar-refractivity contribution in [2.75, 3.05) is 11.5 Å². The van der Waals surface area contributed by atoms with E-state index in [0.717, 1.165) is 16.2 Å². The molecule has 2 N–H and O–H groups in total. The molecule has 0 unspecified atom stereocenters. The van der Waals surface area contributed by atoms with Crippen molar-refractivity contribution >= 4 is 31.2 Å². The van der Waals surface area contributed by atoms with E-state index in [-0.39, 0.29) is 4.34 Å². The molecule has 1 rings (SSSR count). The summed E-state index contributed by atoms with van der Waals surface area (Å²) >= 11 is 1.04. The standard InChI is InChI=1S/C7H12N2O4S3/c1-5-6(2)14-7(9-5)15(10,11)3-4-16(8,12)13/h3-4H2,1-2H3,(H2,8,12,13). The van der Waals surface area contributed by atoms with Crippen LogP contribution in [0.5, 0.6) is 0 Å². The third-order valence-electron chi connectivity index (χ3n) is 1.91. The van der Waals surface area contributed by atoms with Gasteiger partial charge in [0.15, 0.2) is 0 Å². The minimum atomic E-state index is -3.77. The maximum absolute atomic E-state index is 11.7. The lowest BCUT2D eigenvalue weighted by atomic mass is 10.4. The number of hydrogen-bond acceptors (Lipinski definition) is 6. The lowest BCUT2D eigenvalue weighted by Gasteiger charge is -1.98. The van der Waals surface area contributed by atoms with Gasteiger partial charge in [-0.2, -0.15) is 0 Å². The Labute approximate surface area is 98.5 Å². The second kappa shape index (κ2) is 4.40. The van der Waals surface area contributed by atoms with Crippen LogP contribution >= 0.6 is 11.3 Å². The molecule has 92 valence electrons. The Bertz CT molecular complexity index is 566. The summed E-state index contributed by atoms with van der Waals surface area (Å²) in [7, 11) is -7.42. The Kier molecular flexibility index (Phi) is 3.72. The van der Waals surface area contributed by atoms with Gasteiger partial charge in [0.05, 0.1) is 17.2 Å². The number of rotatable bonds is 4. The SMILES string of the molecule is Cc1nc(S(=O)(=O)CCS(N)(=O)=O)sc1C. The van der Waals surface area contributed by atoms with Gasteiger partial charge in [0.2, 0.25) is 24.2 Å². The van der Waals surface area contributed by atoms with Crippen LogP contribution in [0.3, 0.4) is 0 Å². The van der Waals surface area contributed by atoms with Gasteiger partial charge in [-0.05, 0) is 13.8 Å². The molecule has 0 aromatic carbocycles. The second-order valence-corrected chi connectivity index (χ2v) is 8.53. The highest BCUT2D eigenvalue weighted by molar-refractivity contribution is 7.95. The maximum atomic E-state index is 11.7. The summed E-state index contributed by atoms with van der Waals surface area (Å²) in [6, 6.07) is 0. The van der Waals surface area contributed by atoms with Crippen LogP contribution in [0.1, 0.15) is 10.6 Å². The molecular weight excluding hydrogens is 272 g/mol. The number of sulfonamides is 1. The average Bonchev–Trinajstić information content (AvgIpc) is 2.44. The smallest absolute Gasteiger partial charge is 0.210 e. The molecule has 0 saturated carbocycles. The molecule has 0 fully saturated rings. The van der Waals surface area contributed by atoms with Crippen LogP contribution < -0.4 is 5.14 Å². The van der Waals surface area contributed by atoms with Gasteiger partial charge in [0.1, 0.15) is 0 Å². The lowest BCUT2D eigenvalue weighted by Crippen LogP contribution is -2.23. The molecule has 0 aliphatic rings. The zero-order chi connectivity index (χ0) is 12.6. The minimum absolute atomic E-state index is 0.0499. The number of aromatic nitrogens is 1. The lowest BCUT2D eigenvalue weighted by molar-refractivity contribution is 0.588. The van der Waals surface area contributed by atoms with Gasteiger partial charge in [0.25, 0.3) is 0 Å². The maximum Gasteiger partial charge on any atom is 0.210 e. The summed E-state index contributed by atoms with van der Waals surface area (Å²) < 4.78 is 44.7. The number of thiazole rings is 1. The molecule has 0 aliphatic carbocycles. The molecule has 16 heavy (non-hydrogen) atoms. The summed E-state index contributed by atoms with van der Waals surface area (Å²) in [4.78, 5) is 4.68. The quantitative estimate of drug-likeness (QED) is 0.825. The van der Waals surface area contributed by atoms with E-state index in [9.17, 15) is 16.8 Å². The fourth-order valence-electron chi connectivity index (χ4n) is 0.889. The van der Waals surface area contributed by atoms with Crippen molar-refractivity contribution in [3.8, 4) is 0 Å². The summed E-state index contributed by atoms with van der Waals surface area (Å²) in [5.74, 6) is -1.12. The zero-order valence-electron chi connectivity index (χ0n) is 8.80. The van der Waals surface area contributed by atoms with Gasteiger partial charge >= 0.3 is 0 Å². The predicted octanol–water partition coefficient (Wildman–Crippen LogP) is -0.178. The summed E-state index contributed by atoms with van der Waals surface area (Å²) in [6.07, 6.45) is 0. The van der Waals surface area contributed by atoms with E-state index in [2.05, 4.69) is 4.98 Å². The second-order valence-electron chi connectivity index (χ2n) is 3.31. The molecule has 0 amide bonds. The van der Waals surface area contributed by atoms with E-state index in [4.69, 9.17) is 5.14 Å². The Balaban J connectivity index is 2.95. The first kappa shape index (κ1) is 13.6. The van der Waals surface area contributed by atoms with Crippen molar-refractivity contribution < 1.29 is 16.8 Å². The molecule has 9 heteroatoms. The monoisotopic (exact) mass is 284 g/mol. The van der Waals surface area contributed by atoms with Gasteiger partial charge in [-0.3, -0.25) is 0 Å².